The van der Waals surface area contributed by atoms with E-state index in [1.54, 1.807) is 20.4 Å². The normalized spacial score (nSPS) is 10.8. The summed E-state index contributed by atoms with van der Waals surface area (Å²) >= 11 is 0. The summed E-state index contributed by atoms with van der Waals surface area (Å²) in [5, 5.41) is 11.6. The smallest absolute Gasteiger partial charge is 0.160 e. The van der Waals surface area contributed by atoms with Gasteiger partial charge >= 0.3 is 0 Å². The summed E-state index contributed by atoms with van der Waals surface area (Å²) in [4.78, 5) is 0. The van der Waals surface area contributed by atoms with Crippen LogP contribution in [0.2, 0.25) is 0 Å². The summed E-state index contributed by atoms with van der Waals surface area (Å²) < 4.78 is 10.4. The molecule has 1 aromatic carbocycles. The van der Waals surface area contributed by atoms with Crippen molar-refractivity contribution in [1.29, 1.82) is 0 Å². The topological polar surface area (TPSA) is 57.1 Å². The van der Waals surface area contributed by atoms with E-state index in [0.29, 0.717) is 6.42 Å². The maximum atomic E-state index is 5.20. The first-order valence-electron chi connectivity index (χ1n) is 5.63. The number of aromatic nitrogens is 3. The molecule has 0 unspecified atom stereocenters. The van der Waals surface area contributed by atoms with Crippen molar-refractivity contribution in [2.45, 2.75) is 12.7 Å². The average Bonchev–Trinajstić information content (AvgIpc) is 2.46. The van der Waals surface area contributed by atoms with Gasteiger partial charge in [-0.2, -0.15) is 0 Å². The van der Waals surface area contributed by atoms with Crippen molar-refractivity contribution >= 4 is 0 Å². The van der Waals surface area contributed by atoms with Crippen LogP contribution in [0.3, 0.4) is 0 Å². The maximum Gasteiger partial charge on any atom is 0.160 e. The van der Waals surface area contributed by atoms with Gasteiger partial charge in [0.25, 0.3) is 0 Å². The SMILES string of the molecule is COC(Cc1cnnnc1-c1ccccc1)OC. The number of hydrogen-bond acceptors (Lipinski definition) is 5. The summed E-state index contributed by atoms with van der Waals surface area (Å²) in [6.45, 7) is 0. The first-order chi connectivity index (χ1) is 8.85. The number of nitrogens with zero attached hydrogens (tertiary/aromatic N) is 3. The molecule has 18 heavy (non-hydrogen) atoms. The van der Waals surface area contributed by atoms with Crippen molar-refractivity contribution in [1.82, 2.24) is 15.4 Å². The maximum absolute atomic E-state index is 5.20. The van der Waals surface area contributed by atoms with Gasteiger partial charge < -0.3 is 9.47 Å². The monoisotopic (exact) mass is 245 g/mol. The fourth-order valence-corrected chi connectivity index (χ4v) is 1.72. The fourth-order valence-electron chi connectivity index (χ4n) is 1.72. The molecule has 0 aliphatic rings. The third-order valence-electron chi connectivity index (χ3n) is 2.67. The zero-order valence-electron chi connectivity index (χ0n) is 10.4. The standard InChI is InChI=1S/C13H15N3O2/c1-17-12(18-2)8-11-9-14-16-15-13(11)10-6-4-3-5-7-10/h3-7,9,12H,8H2,1-2H3. The number of methoxy groups -OCH3 is 2. The number of benzene rings is 1. The minimum Gasteiger partial charge on any atom is -0.356 e. The molecule has 1 aromatic heterocycles. The summed E-state index contributed by atoms with van der Waals surface area (Å²) in [6, 6.07) is 9.87. The van der Waals surface area contributed by atoms with E-state index in [0.717, 1.165) is 16.8 Å². The highest BCUT2D eigenvalue weighted by Crippen LogP contribution is 2.21. The van der Waals surface area contributed by atoms with Gasteiger partial charge in [0, 0.05) is 31.8 Å². The van der Waals surface area contributed by atoms with Crippen LogP contribution < -0.4 is 0 Å². The molecular formula is C13H15N3O2. The van der Waals surface area contributed by atoms with Crippen LogP contribution in [0.4, 0.5) is 0 Å². The Morgan fingerprint density at radius 3 is 2.50 bits per heavy atom. The van der Waals surface area contributed by atoms with Crippen molar-refractivity contribution in [2.24, 2.45) is 0 Å². The van der Waals surface area contributed by atoms with Gasteiger partial charge in [0.1, 0.15) is 0 Å². The molecule has 0 saturated heterocycles. The van der Waals surface area contributed by atoms with Gasteiger partial charge in [0.2, 0.25) is 0 Å². The molecule has 2 aromatic rings. The molecule has 0 atom stereocenters. The van der Waals surface area contributed by atoms with Gasteiger partial charge in [0.05, 0.1) is 11.9 Å². The van der Waals surface area contributed by atoms with Crippen molar-refractivity contribution in [3.05, 3.63) is 42.1 Å². The second-order valence-corrected chi connectivity index (χ2v) is 3.78. The molecule has 0 N–H and O–H groups in total. The Kier molecular flexibility index (Phi) is 4.33. The zero-order chi connectivity index (χ0) is 12.8. The first kappa shape index (κ1) is 12.6. The third kappa shape index (κ3) is 2.88. The minimum absolute atomic E-state index is 0.307. The Balaban J connectivity index is 2.31. The Bertz CT molecular complexity index is 487. The second-order valence-electron chi connectivity index (χ2n) is 3.78. The van der Waals surface area contributed by atoms with Gasteiger partial charge in [-0.25, -0.2) is 0 Å². The van der Waals surface area contributed by atoms with E-state index >= 15 is 0 Å². The van der Waals surface area contributed by atoms with E-state index in [-0.39, 0.29) is 6.29 Å². The highest BCUT2D eigenvalue weighted by Gasteiger charge is 2.13. The molecule has 2 rings (SSSR count). The zero-order valence-corrected chi connectivity index (χ0v) is 10.4. The Labute approximate surface area is 106 Å². The highest BCUT2D eigenvalue weighted by atomic mass is 16.7. The van der Waals surface area contributed by atoms with E-state index in [1.807, 2.05) is 30.3 Å². The molecular weight excluding hydrogens is 230 g/mol. The van der Waals surface area contributed by atoms with Crippen LogP contribution in [-0.4, -0.2) is 35.9 Å². The first-order valence-corrected chi connectivity index (χ1v) is 5.63. The number of rotatable bonds is 5. The molecule has 5 nitrogen and oxygen atoms in total. The molecule has 0 fully saturated rings. The van der Waals surface area contributed by atoms with E-state index in [1.165, 1.54) is 0 Å². The van der Waals surface area contributed by atoms with E-state index in [2.05, 4.69) is 15.4 Å². The molecule has 94 valence electrons. The molecule has 0 radical (unpaired) electrons. The van der Waals surface area contributed by atoms with Crippen LogP contribution in [-0.2, 0) is 15.9 Å². The van der Waals surface area contributed by atoms with Crippen molar-refractivity contribution in [2.75, 3.05) is 14.2 Å². The Morgan fingerprint density at radius 1 is 1.11 bits per heavy atom. The second kappa shape index (κ2) is 6.18. The number of ether oxygens (including phenoxy) is 2. The summed E-state index contributed by atoms with van der Waals surface area (Å²) in [6.07, 6.45) is 1.97. The lowest BCUT2D eigenvalue weighted by atomic mass is 10.1. The van der Waals surface area contributed by atoms with Crippen molar-refractivity contribution < 1.29 is 9.47 Å². The molecule has 0 spiro atoms. The van der Waals surface area contributed by atoms with Crippen molar-refractivity contribution in [3.63, 3.8) is 0 Å². The molecule has 1 heterocycles. The van der Waals surface area contributed by atoms with Crippen LogP contribution >= 0.6 is 0 Å². The predicted octanol–water partition coefficient (Wildman–Crippen LogP) is 1.70. The van der Waals surface area contributed by atoms with Gasteiger partial charge in [0.15, 0.2) is 6.29 Å². The average molecular weight is 245 g/mol. The number of hydrogen-bond donors (Lipinski definition) is 0. The Morgan fingerprint density at radius 2 is 1.83 bits per heavy atom. The highest BCUT2D eigenvalue weighted by molar-refractivity contribution is 5.61. The molecule has 5 heteroatoms. The predicted molar refractivity (Wildman–Crippen MR) is 66.8 cm³/mol. The van der Waals surface area contributed by atoms with Gasteiger partial charge in [-0.3, -0.25) is 0 Å². The van der Waals surface area contributed by atoms with Crippen molar-refractivity contribution in [3.8, 4) is 11.3 Å². The third-order valence-corrected chi connectivity index (χ3v) is 2.67. The van der Waals surface area contributed by atoms with Gasteiger partial charge in [-0.05, 0) is 5.21 Å². The minimum atomic E-state index is -0.307. The summed E-state index contributed by atoms with van der Waals surface area (Å²) in [5.41, 5.74) is 2.77. The van der Waals surface area contributed by atoms with Gasteiger partial charge in [-0.15, -0.1) is 10.2 Å². The summed E-state index contributed by atoms with van der Waals surface area (Å²) in [7, 11) is 3.22. The lowest BCUT2D eigenvalue weighted by Crippen LogP contribution is -2.17. The van der Waals surface area contributed by atoms with Crippen LogP contribution in [0.1, 0.15) is 5.56 Å². The Hall–Kier alpha value is -1.85. The summed E-state index contributed by atoms with van der Waals surface area (Å²) in [5.74, 6) is 0. The fraction of sp³-hybridized carbons (Fsp3) is 0.308. The lowest BCUT2D eigenvalue weighted by molar-refractivity contribution is -0.100. The van der Waals surface area contributed by atoms with Crippen LogP contribution in [0, 0.1) is 0 Å². The lowest BCUT2D eigenvalue weighted by Gasteiger charge is -2.14. The van der Waals surface area contributed by atoms with E-state index < -0.39 is 0 Å². The van der Waals surface area contributed by atoms with Crippen LogP contribution in [0.5, 0.6) is 0 Å². The molecule has 0 saturated carbocycles. The van der Waals surface area contributed by atoms with E-state index in [9.17, 15) is 0 Å². The molecule has 0 aliphatic heterocycles. The van der Waals surface area contributed by atoms with Crippen LogP contribution in [0.15, 0.2) is 36.5 Å². The van der Waals surface area contributed by atoms with Crippen LogP contribution in [0.25, 0.3) is 11.3 Å². The van der Waals surface area contributed by atoms with Gasteiger partial charge in [-0.1, -0.05) is 30.3 Å². The molecule has 0 aliphatic carbocycles. The molecule has 0 bridgehead atoms. The quantitative estimate of drug-likeness (QED) is 0.750. The van der Waals surface area contributed by atoms with E-state index in [4.69, 9.17) is 9.47 Å². The molecule has 0 amide bonds. The largest absolute Gasteiger partial charge is 0.356 e.